The van der Waals surface area contributed by atoms with Crippen molar-refractivity contribution in [3.8, 4) is 0 Å². The van der Waals surface area contributed by atoms with E-state index in [0.717, 1.165) is 25.0 Å². The molecular formula is C10H19NO2. The van der Waals surface area contributed by atoms with Crippen LogP contribution in [-0.4, -0.2) is 12.5 Å². The topological polar surface area (TPSA) is 52.3 Å². The van der Waals surface area contributed by atoms with Gasteiger partial charge < -0.3 is 10.5 Å². The first-order chi connectivity index (χ1) is 6.13. The molecule has 0 aliphatic heterocycles. The standard InChI is InChI=1S/C10H19NO2/c1-4-6-7-13-9(5-2)8(3)10(11)12/h4-7H2,1-3H3,(H2,11,12)/b9-8-. The molecule has 13 heavy (non-hydrogen) atoms. The van der Waals surface area contributed by atoms with Crippen LogP contribution in [0.1, 0.15) is 40.0 Å². The number of primary amides is 1. The van der Waals surface area contributed by atoms with E-state index in [1.165, 1.54) is 0 Å². The molecule has 0 atom stereocenters. The van der Waals surface area contributed by atoms with E-state index in [0.29, 0.717) is 12.2 Å². The van der Waals surface area contributed by atoms with Gasteiger partial charge in [-0.25, -0.2) is 0 Å². The molecule has 0 fully saturated rings. The lowest BCUT2D eigenvalue weighted by Crippen LogP contribution is -2.14. The lowest BCUT2D eigenvalue weighted by Gasteiger charge is -2.10. The van der Waals surface area contributed by atoms with Crippen molar-refractivity contribution in [2.45, 2.75) is 40.0 Å². The van der Waals surface area contributed by atoms with E-state index >= 15 is 0 Å². The molecule has 0 aliphatic rings. The zero-order chi connectivity index (χ0) is 10.3. The molecule has 0 rings (SSSR count). The van der Waals surface area contributed by atoms with Crippen molar-refractivity contribution in [2.24, 2.45) is 5.73 Å². The maximum Gasteiger partial charge on any atom is 0.247 e. The summed E-state index contributed by atoms with van der Waals surface area (Å²) in [6.07, 6.45) is 2.82. The van der Waals surface area contributed by atoms with E-state index in [1.54, 1.807) is 6.92 Å². The minimum absolute atomic E-state index is 0.395. The van der Waals surface area contributed by atoms with Gasteiger partial charge in [0.25, 0.3) is 0 Å². The number of carbonyl (C=O) groups is 1. The largest absolute Gasteiger partial charge is 0.497 e. The zero-order valence-corrected chi connectivity index (χ0v) is 8.72. The highest BCUT2D eigenvalue weighted by atomic mass is 16.5. The van der Waals surface area contributed by atoms with Crippen molar-refractivity contribution in [1.29, 1.82) is 0 Å². The monoisotopic (exact) mass is 185 g/mol. The molecule has 0 radical (unpaired) electrons. The first kappa shape index (κ1) is 12.0. The van der Waals surface area contributed by atoms with Crippen molar-refractivity contribution >= 4 is 5.91 Å². The van der Waals surface area contributed by atoms with Gasteiger partial charge in [-0.1, -0.05) is 20.3 Å². The number of rotatable bonds is 6. The molecule has 0 aromatic heterocycles. The van der Waals surface area contributed by atoms with Crippen LogP contribution in [0.3, 0.4) is 0 Å². The second-order valence-corrected chi connectivity index (χ2v) is 2.97. The fourth-order valence-corrected chi connectivity index (χ4v) is 0.953. The highest BCUT2D eigenvalue weighted by Gasteiger charge is 2.06. The summed E-state index contributed by atoms with van der Waals surface area (Å²) in [6.45, 7) is 6.42. The Morgan fingerprint density at radius 3 is 2.38 bits per heavy atom. The molecule has 1 amide bonds. The van der Waals surface area contributed by atoms with Crippen LogP contribution in [0.2, 0.25) is 0 Å². The van der Waals surface area contributed by atoms with Crippen LogP contribution in [0, 0.1) is 0 Å². The van der Waals surface area contributed by atoms with E-state index in [-0.39, 0.29) is 0 Å². The third-order valence-electron chi connectivity index (χ3n) is 1.88. The van der Waals surface area contributed by atoms with Crippen LogP contribution in [0.4, 0.5) is 0 Å². The molecule has 0 aromatic rings. The predicted molar refractivity (Wildman–Crippen MR) is 53.0 cm³/mol. The number of unbranched alkanes of at least 4 members (excludes halogenated alkanes) is 1. The summed E-state index contributed by atoms with van der Waals surface area (Å²) in [6, 6.07) is 0. The Labute approximate surface area is 79.9 Å². The molecule has 0 bridgehead atoms. The van der Waals surface area contributed by atoms with E-state index in [4.69, 9.17) is 10.5 Å². The molecule has 76 valence electrons. The molecule has 2 N–H and O–H groups in total. The normalized spacial score (nSPS) is 12.2. The van der Waals surface area contributed by atoms with Gasteiger partial charge in [0.05, 0.1) is 12.2 Å². The highest BCUT2D eigenvalue weighted by Crippen LogP contribution is 2.10. The predicted octanol–water partition coefficient (Wildman–Crippen LogP) is 1.97. The fourth-order valence-electron chi connectivity index (χ4n) is 0.953. The van der Waals surface area contributed by atoms with Crippen molar-refractivity contribution < 1.29 is 9.53 Å². The third-order valence-corrected chi connectivity index (χ3v) is 1.88. The Kier molecular flexibility index (Phi) is 6.02. The number of amides is 1. The summed E-state index contributed by atoms with van der Waals surface area (Å²) in [7, 11) is 0. The van der Waals surface area contributed by atoms with Gasteiger partial charge >= 0.3 is 0 Å². The Morgan fingerprint density at radius 1 is 1.38 bits per heavy atom. The van der Waals surface area contributed by atoms with Gasteiger partial charge in [0, 0.05) is 6.42 Å². The van der Waals surface area contributed by atoms with Crippen LogP contribution in [-0.2, 0) is 9.53 Å². The van der Waals surface area contributed by atoms with E-state index in [1.807, 2.05) is 6.92 Å². The van der Waals surface area contributed by atoms with Gasteiger partial charge in [-0.3, -0.25) is 4.79 Å². The Morgan fingerprint density at radius 2 is 2.00 bits per heavy atom. The molecule has 0 saturated carbocycles. The summed E-state index contributed by atoms with van der Waals surface area (Å²) in [5, 5.41) is 0. The van der Waals surface area contributed by atoms with Crippen LogP contribution in [0.5, 0.6) is 0 Å². The lowest BCUT2D eigenvalue weighted by molar-refractivity contribution is -0.114. The summed E-state index contributed by atoms with van der Waals surface area (Å²) >= 11 is 0. The summed E-state index contributed by atoms with van der Waals surface area (Å²) in [5.41, 5.74) is 5.68. The third kappa shape index (κ3) is 4.55. The minimum atomic E-state index is -0.395. The number of nitrogens with two attached hydrogens (primary N) is 1. The van der Waals surface area contributed by atoms with Crippen molar-refractivity contribution in [3.63, 3.8) is 0 Å². The van der Waals surface area contributed by atoms with E-state index < -0.39 is 5.91 Å². The molecule has 3 nitrogen and oxygen atoms in total. The van der Waals surface area contributed by atoms with Gasteiger partial charge in [-0.05, 0) is 13.3 Å². The second-order valence-electron chi connectivity index (χ2n) is 2.97. The number of carbonyl (C=O) groups excluding carboxylic acids is 1. The van der Waals surface area contributed by atoms with Gasteiger partial charge in [-0.2, -0.15) is 0 Å². The molecule has 0 saturated heterocycles. The smallest absolute Gasteiger partial charge is 0.247 e. The van der Waals surface area contributed by atoms with Gasteiger partial charge in [0.2, 0.25) is 5.91 Å². The number of hydrogen-bond acceptors (Lipinski definition) is 2. The van der Waals surface area contributed by atoms with Crippen molar-refractivity contribution in [3.05, 3.63) is 11.3 Å². The van der Waals surface area contributed by atoms with Gasteiger partial charge in [-0.15, -0.1) is 0 Å². The summed E-state index contributed by atoms with van der Waals surface area (Å²) < 4.78 is 5.43. The Bertz CT molecular complexity index is 197. The average molecular weight is 185 g/mol. The second kappa shape index (κ2) is 6.52. The molecule has 0 aliphatic carbocycles. The maximum absolute atomic E-state index is 10.8. The van der Waals surface area contributed by atoms with Crippen LogP contribution >= 0.6 is 0 Å². The van der Waals surface area contributed by atoms with Crippen molar-refractivity contribution in [2.75, 3.05) is 6.61 Å². The molecule has 0 spiro atoms. The van der Waals surface area contributed by atoms with Crippen LogP contribution in [0.25, 0.3) is 0 Å². The van der Waals surface area contributed by atoms with Crippen LogP contribution < -0.4 is 5.73 Å². The van der Waals surface area contributed by atoms with E-state index in [9.17, 15) is 4.79 Å². The van der Waals surface area contributed by atoms with Gasteiger partial charge in [0.1, 0.15) is 5.76 Å². The highest BCUT2D eigenvalue weighted by molar-refractivity contribution is 5.91. The number of ether oxygens (including phenoxy) is 1. The van der Waals surface area contributed by atoms with Gasteiger partial charge in [0.15, 0.2) is 0 Å². The zero-order valence-electron chi connectivity index (χ0n) is 8.72. The Balaban J connectivity index is 4.15. The fraction of sp³-hybridized carbons (Fsp3) is 0.700. The molecule has 0 aromatic carbocycles. The molecule has 3 heteroatoms. The minimum Gasteiger partial charge on any atom is -0.497 e. The van der Waals surface area contributed by atoms with Crippen molar-refractivity contribution in [1.82, 2.24) is 0 Å². The SMILES string of the molecule is CCCCO/C(CC)=C(/C)C(N)=O. The first-order valence-electron chi connectivity index (χ1n) is 4.75. The van der Waals surface area contributed by atoms with Crippen LogP contribution in [0.15, 0.2) is 11.3 Å². The molecular weight excluding hydrogens is 166 g/mol. The average Bonchev–Trinajstić information content (AvgIpc) is 2.11. The summed E-state index contributed by atoms with van der Waals surface area (Å²) in [4.78, 5) is 10.8. The number of allylic oxidation sites excluding steroid dienone is 1. The summed E-state index contributed by atoms with van der Waals surface area (Å²) in [5.74, 6) is 0.328. The number of hydrogen-bond donors (Lipinski definition) is 1. The first-order valence-corrected chi connectivity index (χ1v) is 4.75. The van der Waals surface area contributed by atoms with E-state index in [2.05, 4.69) is 6.92 Å². The Hall–Kier alpha value is -0.990. The molecule has 0 unspecified atom stereocenters. The quantitative estimate of drug-likeness (QED) is 0.391. The maximum atomic E-state index is 10.8. The lowest BCUT2D eigenvalue weighted by atomic mass is 10.2. The molecule has 0 heterocycles.